The molecule has 15 heteroatoms. The van der Waals surface area contributed by atoms with E-state index in [-0.39, 0.29) is 49.6 Å². The monoisotopic (exact) mass is 959 g/mol. The number of aromatic hydroxyl groups is 1. The van der Waals surface area contributed by atoms with E-state index in [0.29, 0.717) is 77.0 Å². The fraction of sp³-hybridized carbons (Fsp3) is 0.509. The maximum absolute atomic E-state index is 15.2. The van der Waals surface area contributed by atoms with Gasteiger partial charge in [0.2, 0.25) is 17.7 Å². The largest absolute Gasteiger partial charge is 0.508 e. The lowest BCUT2D eigenvalue weighted by molar-refractivity contribution is -0.157. The van der Waals surface area contributed by atoms with Gasteiger partial charge in [0.1, 0.15) is 23.4 Å². The zero-order valence-electron chi connectivity index (χ0n) is 41.7. The second-order valence-corrected chi connectivity index (χ2v) is 20.6. The number of nitrogens with one attached hydrogen (secondary N) is 2. The van der Waals surface area contributed by atoms with E-state index in [1.54, 1.807) is 38.1 Å². The minimum Gasteiger partial charge on any atom is -0.508 e. The van der Waals surface area contributed by atoms with Crippen molar-refractivity contribution in [3.63, 3.8) is 0 Å². The third-order valence-corrected chi connectivity index (χ3v) is 14.8. The summed E-state index contributed by atoms with van der Waals surface area (Å²) in [6.07, 6.45) is 4.94. The molecule has 0 radical (unpaired) electrons. The number of likely N-dealkylation sites (N-methyl/N-ethyl adjacent to an activating group) is 1. The van der Waals surface area contributed by atoms with Gasteiger partial charge in [-0.2, -0.15) is 0 Å². The first-order valence-electron chi connectivity index (χ1n) is 24.9. The summed E-state index contributed by atoms with van der Waals surface area (Å²) < 4.78 is 19.8. The number of carbonyl (C=O) groups is 5. The van der Waals surface area contributed by atoms with Crippen LogP contribution in [0.25, 0.3) is 33.3 Å². The molecule has 5 heterocycles. The lowest BCUT2D eigenvalue weighted by Gasteiger charge is -2.42. The second kappa shape index (κ2) is 21.1. The van der Waals surface area contributed by atoms with Crippen LogP contribution in [0.1, 0.15) is 76.5 Å². The van der Waals surface area contributed by atoms with Crippen molar-refractivity contribution < 1.29 is 43.3 Å². The number of nitrogens with zero attached hydrogens (tertiary/aromatic N) is 4. The van der Waals surface area contributed by atoms with Gasteiger partial charge in [0, 0.05) is 81.9 Å². The van der Waals surface area contributed by atoms with Gasteiger partial charge in [-0.15, -0.1) is 0 Å². The Morgan fingerprint density at radius 3 is 2.51 bits per heavy atom. The minimum absolute atomic E-state index is 0.00627. The predicted octanol–water partition coefficient (Wildman–Crippen LogP) is 6.22. The Labute approximate surface area is 411 Å². The van der Waals surface area contributed by atoms with Gasteiger partial charge < -0.3 is 39.0 Å². The molecule has 70 heavy (non-hydrogen) atoms. The van der Waals surface area contributed by atoms with Crippen LogP contribution in [0.15, 0.2) is 73.3 Å². The fourth-order valence-corrected chi connectivity index (χ4v) is 11.2. The average Bonchev–Trinajstić information content (AvgIpc) is 3.97. The molecule has 374 valence electrons. The van der Waals surface area contributed by atoms with E-state index in [0.717, 1.165) is 50.8 Å². The predicted molar refractivity (Wildman–Crippen MR) is 267 cm³/mol. The van der Waals surface area contributed by atoms with Gasteiger partial charge in [0.05, 0.1) is 24.8 Å². The van der Waals surface area contributed by atoms with Gasteiger partial charge in [0.15, 0.2) is 0 Å². The molecule has 4 amide bonds. The molecule has 4 aliphatic rings. The Balaban J connectivity index is 1.22. The lowest BCUT2D eigenvalue weighted by Crippen LogP contribution is -2.67. The number of cyclic esters (lactones) is 1. The molecular formula is C55H70N6O9. The van der Waals surface area contributed by atoms with Crippen LogP contribution in [0.2, 0.25) is 0 Å². The molecule has 15 nitrogen and oxygen atoms in total. The summed E-state index contributed by atoms with van der Waals surface area (Å²) >= 11 is 0. The van der Waals surface area contributed by atoms with Crippen LogP contribution < -0.4 is 10.7 Å². The Kier molecular flexibility index (Phi) is 15.2. The summed E-state index contributed by atoms with van der Waals surface area (Å²) in [5.74, 6) is -2.77. The van der Waals surface area contributed by atoms with Crippen LogP contribution in [0.3, 0.4) is 0 Å². The molecule has 0 spiro atoms. The minimum atomic E-state index is -1.65. The number of aryl methyl sites for hydroxylation is 1. The van der Waals surface area contributed by atoms with E-state index in [9.17, 15) is 19.5 Å². The highest BCUT2D eigenvalue weighted by atomic mass is 16.5. The maximum Gasteiger partial charge on any atom is 0.324 e. The maximum atomic E-state index is 15.2. The standard InChI is InChI=1S/C55H70N6O9/c1-8-47(63)59-23-18-39(33-59)51(65)58(6)48(37-20-25-69-26-21-37)50(64)56-55(5)31-35-27-40(29-41(62)28-35)38-16-17-46-43(30-38)44(49(60(46)9-2)42-14-11-10-13-36(42)19-24-68-7)32-54(3,4)34-70-52(66)45-15-12-22-61(57-45)53(55)67/h8,10-11,13-14,16-17,27-30,37,39,45,48,57,62H,1,9,12,15,18-26,31-34H2,2-7H3,(H,56,64)/t39-,45-,48-,55?/m0/s1. The third-order valence-electron chi connectivity index (χ3n) is 14.8. The van der Waals surface area contributed by atoms with E-state index in [4.69, 9.17) is 14.2 Å². The summed E-state index contributed by atoms with van der Waals surface area (Å²) in [7, 11) is 3.33. The van der Waals surface area contributed by atoms with Gasteiger partial charge in [0.25, 0.3) is 5.91 Å². The third kappa shape index (κ3) is 10.5. The highest BCUT2D eigenvalue weighted by Crippen LogP contribution is 2.42. The zero-order valence-corrected chi connectivity index (χ0v) is 41.7. The smallest absolute Gasteiger partial charge is 0.324 e. The number of carbonyl (C=O) groups excluding carboxylic acids is 5. The fourth-order valence-electron chi connectivity index (χ4n) is 11.2. The SMILES string of the molecule is C=CC(=O)N1CC[C@H](C(=O)N(C)[C@H](C(=O)NC2(C)Cc3cc(O)cc(c3)-c3ccc4c(c3)c(c(-c3ccccc3CCOC)n4CC)CC(C)(C)COC(=O)[C@@H]3CCCN(N3)C2=O)C2CCOCC2)C1. The Morgan fingerprint density at radius 2 is 1.77 bits per heavy atom. The first-order chi connectivity index (χ1) is 33.5. The molecule has 3 fully saturated rings. The van der Waals surface area contributed by atoms with Gasteiger partial charge in [-0.25, -0.2) is 5.43 Å². The summed E-state index contributed by atoms with van der Waals surface area (Å²) in [5, 5.41) is 17.1. The lowest BCUT2D eigenvalue weighted by atomic mass is 9.83. The number of phenolic OH excluding ortho intramolecular Hbond substituents is 1. The van der Waals surface area contributed by atoms with Crippen LogP contribution in [-0.2, 0) is 64.0 Å². The van der Waals surface area contributed by atoms with Crippen molar-refractivity contribution in [1.29, 1.82) is 0 Å². The number of amides is 4. The molecule has 0 aliphatic carbocycles. The molecule has 3 N–H and O–H groups in total. The molecule has 3 aromatic carbocycles. The normalized spacial score (nSPS) is 22.5. The van der Waals surface area contributed by atoms with Gasteiger partial charge in [-0.3, -0.25) is 29.0 Å². The molecule has 0 saturated carbocycles. The Morgan fingerprint density at radius 1 is 1.00 bits per heavy atom. The van der Waals surface area contributed by atoms with Gasteiger partial charge in [-0.1, -0.05) is 56.8 Å². The number of fused-ring (bicyclic) bond motifs is 6. The van der Waals surface area contributed by atoms with E-state index >= 15 is 9.59 Å². The number of aromatic nitrogens is 1. The van der Waals surface area contributed by atoms with E-state index < -0.39 is 46.7 Å². The Hall–Kier alpha value is -6.03. The molecule has 6 bridgehead atoms. The average molecular weight is 959 g/mol. The van der Waals surface area contributed by atoms with Crippen molar-refractivity contribution in [2.75, 3.05) is 60.2 Å². The molecule has 4 atom stereocenters. The Bertz CT molecular complexity index is 2640. The highest BCUT2D eigenvalue weighted by molar-refractivity contribution is 5.97. The number of hydrogen-bond acceptors (Lipinski definition) is 10. The number of ether oxygens (including phenoxy) is 3. The molecule has 1 unspecified atom stereocenters. The van der Waals surface area contributed by atoms with Crippen molar-refractivity contribution in [3.05, 3.63) is 90.0 Å². The summed E-state index contributed by atoms with van der Waals surface area (Å²) in [6, 6.07) is 18.2. The van der Waals surface area contributed by atoms with Crippen molar-refractivity contribution in [2.24, 2.45) is 17.3 Å². The van der Waals surface area contributed by atoms with Crippen LogP contribution in [0.4, 0.5) is 0 Å². The van der Waals surface area contributed by atoms with Gasteiger partial charge in [-0.05, 0) is 123 Å². The number of esters is 1. The number of phenols is 1. The summed E-state index contributed by atoms with van der Waals surface area (Å²) in [6.45, 7) is 14.7. The first kappa shape index (κ1) is 50.4. The van der Waals surface area contributed by atoms with Crippen molar-refractivity contribution in [3.8, 4) is 28.1 Å². The van der Waals surface area contributed by atoms with E-state index in [1.807, 2.05) is 6.07 Å². The molecular weight excluding hydrogens is 889 g/mol. The number of likely N-dealkylation sites (tertiary alicyclic amines) is 1. The van der Waals surface area contributed by atoms with Crippen LogP contribution >= 0.6 is 0 Å². The molecule has 3 saturated heterocycles. The van der Waals surface area contributed by atoms with Crippen LogP contribution in [0.5, 0.6) is 5.75 Å². The van der Waals surface area contributed by atoms with E-state index in [1.165, 1.54) is 16.0 Å². The number of rotatable bonds is 11. The quantitative estimate of drug-likeness (QED) is 0.116. The summed E-state index contributed by atoms with van der Waals surface area (Å²) in [4.78, 5) is 74.3. The van der Waals surface area contributed by atoms with Crippen molar-refractivity contribution in [2.45, 2.75) is 103 Å². The summed E-state index contributed by atoms with van der Waals surface area (Å²) in [5.41, 5.74) is 8.71. The molecule has 1 aromatic heterocycles. The number of benzene rings is 3. The topological polar surface area (TPSA) is 172 Å². The highest BCUT2D eigenvalue weighted by Gasteiger charge is 2.46. The number of hydrazine groups is 1. The molecule has 8 rings (SSSR count). The van der Waals surface area contributed by atoms with Crippen molar-refractivity contribution in [1.82, 2.24) is 30.1 Å². The molecule has 4 aromatic rings. The van der Waals surface area contributed by atoms with E-state index in [2.05, 4.69) is 85.1 Å². The zero-order chi connectivity index (χ0) is 49.9. The number of hydrogen-bond donors (Lipinski definition) is 3. The van der Waals surface area contributed by atoms with Crippen LogP contribution in [-0.4, -0.2) is 132 Å². The van der Waals surface area contributed by atoms with Crippen LogP contribution in [0, 0.1) is 17.3 Å². The number of methoxy groups -OCH3 is 1. The molecule has 4 aliphatic heterocycles. The van der Waals surface area contributed by atoms with Crippen molar-refractivity contribution >= 4 is 40.5 Å². The van der Waals surface area contributed by atoms with Gasteiger partial charge >= 0.3 is 5.97 Å². The second-order valence-electron chi connectivity index (χ2n) is 20.6. The first-order valence-corrected chi connectivity index (χ1v) is 24.9.